The average molecular weight is 369 g/mol. The molecule has 1 aromatic carbocycles. The molecule has 0 saturated heterocycles. The minimum absolute atomic E-state index is 0.00743. The number of amides is 1. The van der Waals surface area contributed by atoms with Crippen LogP contribution in [0.2, 0.25) is 0 Å². The molecule has 2 aromatic rings. The maximum absolute atomic E-state index is 12.6. The zero-order valence-corrected chi connectivity index (χ0v) is 14.0. The molecular weight excluding hydrogens is 351 g/mol. The highest BCUT2D eigenvalue weighted by atomic mass is 19.4. The van der Waals surface area contributed by atoms with E-state index in [0.717, 1.165) is 30.1 Å². The summed E-state index contributed by atoms with van der Waals surface area (Å²) in [6, 6.07) is 3.75. The topological polar surface area (TPSA) is 67.6 Å². The smallest absolute Gasteiger partial charge is 0.416 e. The SMILES string of the molecule is CCc1ncc2n1CCN(C(=O)O)C2COc1ccc(C(F)(F)F)cc1. The third-order valence-corrected chi connectivity index (χ3v) is 4.40. The molecule has 140 valence electrons. The Bertz CT molecular complexity index is 787. The molecule has 0 spiro atoms. The number of hydrogen-bond donors (Lipinski definition) is 1. The number of aromatic nitrogens is 2. The summed E-state index contributed by atoms with van der Waals surface area (Å²) >= 11 is 0. The molecule has 26 heavy (non-hydrogen) atoms. The van der Waals surface area contributed by atoms with Crippen molar-refractivity contribution >= 4 is 6.09 Å². The monoisotopic (exact) mass is 369 g/mol. The highest BCUT2D eigenvalue weighted by Gasteiger charge is 2.33. The van der Waals surface area contributed by atoms with Gasteiger partial charge in [0.05, 0.1) is 17.5 Å². The van der Waals surface area contributed by atoms with Gasteiger partial charge in [-0.3, -0.25) is 4.90 Å². The third kappa shape index (κ3) is 3.47. The standard InChI is InChI=1S/C17H18F3N3O3/c1-2-15-21-9-13-14(23(16(24)25)8-7-22(13)15)10-26-12-5-3-11(4-6-12)17(18,19)20/h3-6,9,14H,2,7-8,10H2,1H3,(H,24,25). The van der Waals surface area contributed by atoms with Crippen molar-refractivity contribution in [2.45, 2.75) is 32.1 Å². The fraction of sp³-hybridized carbons (Fsp3) is 0.412. The lowest BCUT2D eigenvalue weighted by Gasteiger charge is -2.34. The number of carboxylic acid groups (broad SMARTS) is 1. The van der Waals surface area contributed by atoms with Gasteiger partial charge in [-0.15, -0.1) is 0 Å². The van der Waals surface area contributed by atoms with E-state index in [1.165, 1.54) is 17.0 Å². The Hall–Kier alpha value is -2.71. The molecule has 3 rings (SSSR count). The molecule has 1 N–H and O–H groups in total. The van der Waals surface area contributed by atoms with Crippen molar-refractivity contribution in [1.82, 2.24) is 14.5 Å². The molecule has 0 aliphatic carbocycles. The van der Waals surface area contributed by atoms with Crippen LogP contribution < -0.4 is 4.74 Å². The Morgan fingerprint density at radius 1 is 1.31 bits per heavy atom. The van der Waals surface area contributed by atoms with E-state index in [1.807, 2.05) is 11.5 Å². The Morgan fingerprint density at radius 2 is 2.00 bits per heavy atom. The minimum atomic E-state index is -4.41. The first kappa shape index (κ1) is 18.1. The lowest BCUT2D eigenvalue weighted by molar-refractivity contribution is -0.137. The van der Waals surface area contributed by atoms with Crippen molar-refractivity contribution in [3.05, 3.63) is 47.5 Å². The van der Waals surface area contributed by atoms with Gasteiger partial charge in [0, 0.05) is 19.5 Å². The number of halogens is 3. The van der Waals surface area contributed by atoms with Crippen LogP contribution in [0.5, 0.6) is 5.75 Å². The highest BCUT2D eigenvalue weighted by Crippen LogP contribution is 2.31. The number of fused-ring (bicyclic) bond motifs is 1. The quantitative estimate of drug-likeness (QED) is 0.895. The number of nitrogens with zero attached hydrogens (tertiary/aromatic N) is 3. The second kappa shape index (κ2) is 6.89. The predicted octanol–water partition coefficient (Wildman–Crippen LogP) is 3.58. The third-order valence-electron chi connectivity index (χ3n) is 4.40. The maximum Gasteiger partial charge on any atom is 0.416 e. The zero-order valence-electron chi connectivity index (χ0n) is 14.0. The highest BCUT2D eigenvalue weighted by molar-refractivity contribution is 5.66. The average Bonchev–Trinajstić information content (AvgIpc) is 3.02. The molecule has 1 aromatic heterocycles. The van der Waals surface area contributed by atoms with Gasteiger partial charge in [0.2, 0.25) is 0 Å². The normalized spacial score (nSPS) is 17.1. The van der Waals surface area contributed by atoms with E-state index >= 15 is 0 Å². The summed E-state index contributed by atoms with van der Waals surface area (Å²) in [5.74, 6) is 1.11. The summed E-state index contributed by atoms with van der Waals surface area (Å²) in [5, 5.41) is 9.44. The molecule has 0 bridgehead atoms. The van der Waals surface area contributed by atoms with Crippen molar-refractivity contribution < 1.29 is 27.8 Å². The van der Waals surface area contributed by atoms with E-state index in [1.54, 1.807) is 6.20 Å². The Balaban J connectivity index is 1.78. The summed E-state index contributed by atoms with van der Waals surface area (Å²) in [6.45, 7) is 2.77. The van der Waals surface area contributed by atoms with Crippen molar-refractivity contribution in [2.24, 2.45) is 0 Å². The number of benzene rings is 1. The first-order valence-electron chi connectivity index (χ1n) is 8.15. The number of ether oxygens (including phenoxy) is 1. The van der Waals surface area contributed by atoms with E-state index in [2.05, 4.69) is 4.98 Å². The summed E-state index contributed by atoms with van der Waals surface area (Å²) in [5.41, 5.74) is -0.0391. The van der Waals surface area contributed by atoms with Crippen molar-refractivity contribution in [3.63, 3.8) is 0 Å². The molecule has 9 heteroatoms. The molecule has 1 aliphatic rings. The number of aryl methyl sites for hydroxylation is 1. The van der Waals surface area contributed by atoms with Crippen LogP contribution in [-0.2, 0) is 19.1 Å². The first-order valence-corrected chi connectivity index (χ1v) is 8.15. The summed E-state index contributed by atoms with van der Waals surface area (Å²) < 4.78 is 45.4. The van der Waals surface area contributed by atoms with Gasteiger partial charge in [-0.2, -0.15) is 13.2 Å². The van der Waals surface area contributed by atoms with Gasteiger partial charge in [0.15, 0.2) is 0 Å². The predicted molar refractivity (Wildman–Crippen MR) is 86.0 cm³/mol. The van der Waals surface area contributed by atoms with Crippen LogP contribution >= 0.6 is 0 Å². The molecule has 1 unspecified atom stereocenters. The van der Waals surface area contributed by atoms with Crippen LogP contribution in [0.4, 0.5) is 18.0 Å². The van der Waals surface area contributed by atoms with E-state index in [4.69, 9.17) is 4.74 Å². The van der Waals surface area contributed by atoms with Gasteiger partial charge >= 0.3 is 12.3 Å². The van der Waals surface area contributed by atoms with E-state index in [9.17, 15) is 23.1 Å². The molecule has 0 saturated carbocycles. The second-order valence-corrected chi connectivity index (χ2v) is 5.93. The van der Waals surface area contributed by atoms with E-state index < -0.39 is 23.9 Å². The van der Waals surface area contributed by atoms with E-state index in [-0.39, 0.29) is 12.4 Å². The van der Waals surface area contributed by atoms with Crippen LogP contribution in [0, 0.1) is 0 Å². The number of hydrogen-bond acceptors (Lipinski definition) is 3. The summed E-state index contributed by atoms with van der Waals surface area (Å²) in [7, 11) is 0. The largest absolute Gasteiger partial charge is 0.491 e. The van der Waals surface area contributed by atoms with Crippen LogP contribution in [-0.4, -0.2) is 38.8 Å². The zero-order chi connectivity index (χ0) is 18.9. The van der Waals surface area contributed by atoms with Gasteiger partial charge in [0.25, 0.3) is 0 Å². The fourth-order valence-corrected chi connectivity index (χ4v) is 3.08. The van der Waals surface area contributed by atoms with Gasteiger partial charge in [0.1, 0.15) is 24.2 Å². The van der Waals surface area contributed by atoms with Gasteiger partial charge in [-0.1, -0.05) is 6.92 Å². The first-order chi connectivity index (χ1) is 12.3. The number of carbonyl (C=O) groups is 1. The minimum Gasteiger partial charge on any atom is -0.491 e. The lowest BCUT2D eigenvalue weighted by atomic mass is 10.1. The Labute approximate surface area is 147 Å². The Kier molecular flexibility index (Phi) is 4.80. The molecule has 1 aliphatic heterocycles. The molecule has 6 nitrogen and oxygen atoms in total. The van der Waals surface area contributed by atoms with E-state index in [0.29, 0.717) is 13.1 Å². The molecule has 1 atom stereocenters. The van der Waals surface area contributed by atoms with Crippen LogP contribution in [0.25, 0.3) is 0 Å². The number of imidazole rings is 1. The van der Waals surface area contributed by atoms with Crippen molar-refractivity contribution in [1.29, 1.82) is 0 Å². The molecule has 1 amide bonds. The van der Waals surface area contributed by atoms with Gasteiger partial charge in [-0.05, 0) is 24.3 Å². The second-order valence-electron chi connectivity index (χ2n) is 5.93. The van der Waals surface area contributed by atoms with Crippen LogP contribution in [0.1, 0.15) is 30.0 Å². The maximum atomic E-state index is 12.6. The summed E-state index contributed by atoms with van der Waals surface area (Å²) in [4.78, 5) is 17.1. The molecule has 2 heterocycles. The van der Waals surface area contributed by atoms with Crippen molar-refractivity contribution in [2.75, 3.05) is 13.2 Å². The summed E-state index contributed by atoms with van der Waals surface area (Å²) in [6.07, 6.45) is -3.13. The van der Waals surface area contributed by atoms with Crippen LogP contribution in [0.3, 0.4) is 0 Å². The lowest BCUT2D eigenvalue weighted by Crippen LogP contribution is -2.43. The molecule has 0 fully saturated rings. The van der Waals surface area contributed by atoms with Gasteiger partial charge in [-0.25, -0.2) is 9.78 Å². The molecule has 0 radical (unpaired) electrons. The number of alkyl halides is 3. The van der Waals surface area contributed by atoms with Gasteiger partial charge < -0.3 is 14.4 Å². The molecular formula is C17H18F3N3O3. The van der Waals surface area contributed by atoms with Crippen molar-refractivity contribution in [3.8, 4) is 5.75 Å². The number of rotatable bonds is 4. The fourth-order valence-electron chi connectivity index (χ4n) is 3.08. The Morgan fingerprint density at radius 3 is 2.58 bits per heavy atom. The van der Waals surface area contributed by atoms with Crippen LogP contribution in [0.15, 0.2) is 30.5 Å².